The maximum atomic E-state index is 12.6. The molecule has 0 radical (unpaired) electrons. The van der Waals surface area contributed by atoms with Gasteiger partial charge in [-0.25, -0.2) is 9.59 Å². The van der Waals surface area contributed by atoms with Crippen LogP contribution in [0.3, 0.4) is 0 Å². The van der Waals surface area contributed by atoms with E-state index < -0.39 is 41.4 Å². The van der Waals surface area contributed by atoms with Gasteiger partial charge >= 0.3 is 18.2 Å². The van der Waals surface area contributed by atoms with Crippen LogP contribution >= 0.6 is 0 Å². The molecule has 9 heteroatoms. The van der Waals surface area contributed by atoms with Gasteiger partial charge in [-0.05, 0) is 41.5 Å². The van der Waals surface area contributed by atoms with E-state index in [9.17, 15) is 19.5 Å². The van der Waals surface area contributed by atoms with Gasteiger partial charge in [-0.3, -0.25) is 9.69 Å². The SMILES string of the molecule is COC(=O)C[C@@H]1CN(C(=O)OC(C)(C)C)[C@@H](CO)CN1C(=O)OC(C)(C)C. The van der Waals surface area contributed by atoms with Crippen LogP contribution in [0.5, 0.6) is 0 Å². The van der Waals surface area contributed by atoms with Crippen molar-refractivity contribution in [1.82, 2.24) is 9.80 Å². The molecule has 0 spiro atoms. The maximum Gasteiger partial charge on any atom is 0.410 e. The topological polar surface area (TPSA) is 106 Å². The minimum Gasteiger partial charge on any atom is -0.469 e. The molecule has 1 rings (SSSR count). The standard InChI is InChI=1S/C18H32N2O7/c1-17(2,3)26-15(23)19-10-13(11-21)20(16(24)27-18(4,5)6)9-12(19)8-14(22)25-7/h12-13,21H,8-11H2,1-7H3/t12-,13-/m1/s1. The lowest BCUT2D eigenvalue weighted by atomic mass is 10.0. The van der Waals surface area contributed by atoms with E-state index in [0.29, 0.717) is 0 Å². The van der Waals surface area contributed by atoms with Crippen molar-refractivity contribution in [1.29, 1.82) is 0 Å². The van der Waals surface area contributed by atoms with Gasteiger partial charge in [-0.1, -0.05) is 0 Å². The van der Waals surface area contributed by atoms with Gasteiger partial charge in [0.1, 0.15) is 11.2 Å². The number of esters is 1. The summed E-state index contributed by atoms with van der Waals surface area (Å²) < 4.78 is 15.5. The summed E-state index contributed by atoms with van der Waals surface area (Å²) in [7, 11) is 1.26. The summed E-state index contributed by atoms with van der Waals surface area (Å²) in [5.41, 5.74) is -1.43. The smallest absolute Gasteiger partial charge is 0.410 e. The number of hydrogen-bond acceptors (Lipinski definition) is 7. The summed E-state index contributed by atoms with van der Waals surface area (Å²) in [4.78, 5) is 39.6. The predicted molar refractivity (Wildman–Crippen MR) is 97.2 cm³/mol. The summed E-state index contributed by atoms with van der Waals surface area (Å²) in [6.45, 7) is 10.1. The molecule has 0 bridgehead atoms. The van der Waals surface area contributed by atoms with E-state index in [1.807, 2.05) is 0 Å². The molecule has 0 saturated carbocycles. The third-order valence-electron chi connectivity index (χ3n) is 3.79. The number of methoxy groups -OCH3 is 1. The molecule has 0 aromatic rings. The van der Waals surface area contributed by atoms with Gasteiger partial charge < -0.3 is 24.2 Å². The third-order valence-corrected chi connectivity index (χ3v) is 3.79. The van der Waals surface area contributed by atoms with Crippen LogP contribution < -0.4 is 0 Å². The normalized spacial score (nSPS) is 20.9. The van der Waals surface area contributed by atoms with E-state index in [-0.39, 0.29) is 26.1 Å². The molecule has 1 fully saturated rings. The van der Waals surface area contributed by atoms with Crippen LogP contribution in [0, 0.1) is 0 Å². The van der Waals surface area contributed by atoms with Crippen molar-refractivity contribution in [2.75, 3.05) is 26.8 Å². The van der Waals surface area contributed by atoms with Gasteiger partial charge in [0.2, 0.25) is 0 Å². The lowest BCUT2D eigenvalue weighted by molar-refractivity contribution is -0.143. The Hall–Kier alpha value is -2.03. The molecule has 0 unspecified atom stereocenters. The van der Waals surface area contributed by atoms with E-state index in [1.54, 1.807) is 41.5 Å². The largest absolute Gasteiger partial charge is 0.469 e. The molecular weight excluding hydrogens is 356 g/mol. The second kappa shape index (κ2) is 8.77. The van der Waals surface area contributed by atoms with E-state index in [4.69, 9.17) is 14.2 Å². The Kier molecular flexibility index (Phi) is 7.48. The fraction of sp³-hybridized carbons (Fsp3) is 0.833. The molecule has 156 valence electrons. The van der Waals surface area contributed by atoms with E-state index in [0.717, 1.165) is 0 Å². The molecule has 2 atom stereocenters. The molecule has 2 amide bonds. The van der Waals surface area contributed by atoms with Crippen LogP contribution in [0.25, 0.3) is 0 Å². The zero-order chi connectivity index (χ0) is 21.0. The highest BCUT2D eigenvalue weighted by molar-refractivity contribution is 5.75. The maximum absolute atomic E-state index is 12.6. The Labute approximate surface area is 160 Å². The van der Waals surface area contributed by atoms with Crippen LogP contribution in [0.4, 0.5) is 9.59 Å². The first kappa shape index (κ1) is 23.0. The lowest BCUT2D eigenvalue weighted by Crippen LogP contribution is -2.63. The number of carbonyl (C=O) groups is 3. The first-order valence-electron chi connectivity index (χ1n) is 8.94. The van der Waals surface area contributed by atoms with Gasteiger partial charge in [0.25, 0.3) is 0 Å². The van der Waals surface area contributed by atoms with Crippen molar-refractivity contribution in [3.8, 4) is 0 Å². The highest BCUT2D eigenvalue weighted by atomic mass is 16.6. The second-order valence-electron chi connectivity index (χ2n) is 8.54. The number of amides is 2. The van der Waals surface area contributed by atoms with E-state index >= 15 is 0 Å². The van der Waals surface area contributed by atoms with Gasteiger partial charge in [0.05, 0.1) is 32.2 Å². The van der Waals surface area contributed by atoms with Crippen molar-refractivity contribution in [2.24, 2.45) is 0 Å². The van der Waals surface area contributed by atoms with Gasteiger partial charge in [0.15, 0.2) is 0 Å². The molecule has 1 saturated heterocycles. The Bertz CT molecular complexity index is 551. The first-order chi connectivity index (χ1) is 12.3. The van der Waals surface area contributed by atoms with Gasteiger partial charge in [0, 0.05) is 13.1 Å². The Balaban J connectivity index is 3.07. The Morgan fingerprint density at radius 2 is 1.30 bits per heavy atom. The number of carbonyl (C=O) groups excluding carboxylic acids is 3. The van der Waals surface area contributed by atoms with Crippen molar-refractivity contribution < 1.29 is 33.7 Å². The first-order valence-corrected chi connectivity index (χ1v) is 8.94. The molecule has 27 heavy (non-hydrogen) atoms. The van der Waals surface area contributed by atoms with Crippen molar-refractivity contribution in [2.45, 2.75) is 71.2 Å². The number of ether oxygens (including phenoxy) is 3. The van der Waals surface area contributed by atoms with E-state index in [1.165, 1.54) is 16.9 Å². The van der Waals surface area contributed by atoms with Crippen LogP contribution in [-0.2, 0) is 19.0 Å². The number of nitrogens with zero attached hydrogens (tertiary/aromatic N) is 2. The highest BCUT2D eigenvalue weighted by Crippen LogP contribution is 2.23. The summed E-state index contributed by atoms with van der Waals surface area (Å²) in [5, 5.41) is 9.74. The minimum absolute atomic E-state index is 0.0202. The summed E-state index contributed by atoms with van der Waals surface area (Å²) in [6.07, 6.45) is -1.33. The fourth-order valence-electron chi connectivity index (χ4n) is 2.64. The molecule has 0 aliphatic carbocycles. The summed E-state index contributed by atoms with van der Waals surface area (Å²) in [6, 6.07) is -1.32. The average Bonchev–Trinajstić information content (AvgIpc) is 2.50. The summed E-state index contributed by atoms with van der Waals surface area (Å²) >= 11 is 0. The molecule has 0 aromatic carbocycles. The molecule has 9 nitrogen and oxygen atoms in total. The van der Waals surface area contributed by atoms with Crippen LogP contribution in [0.2, 0.25) is 0 Å². The number of aliphatic hydroxyl groups excluding tert-OH is 1. The minimum atomic E-state index is -0.718. The number of hydrogen-bond donors (Lipinski definition) is 1. The lowest BCUT2D eigenvalue weighted by Gasteiger charge is -2.45. The van der Waals surface area contributed by atoms with Crippen LogP contribution in [0.15, 0.2) is 0 Å². The zero-order valence-corrected chi connectivity index (χ0v) is 17.3. The van der Waals surface area contributed by atoms with Gasteiger partial charge in [-0.2, -0.15) is 0 Å². The average molecular weight is 388 g/mol. The molecule has 1 N–H and O–H groups in total. The zero-order valence-electron chi connectivity index (χ0n) is 17.3. The molecule has 1 aliphatic rings. The van der Waals surface area contributed by atoms with E-state index in [2.05, 4.69) is 0 Å². The predicted octanol–water partition coefficient (Wildman–Crippen LogP) is 1.77. The van der Waals surface area contributed by atoms with Crippen molar-refractivity contribution >= 4 is 18.2 Å². The summed E-state index contributed by atoms with van der Waals surface area (Å²) in [5.74, 6) is -0.514. The molecule has 1 aliphatic heterocycles. The second-order valence-corrected chi connectivity index (χ2v) is 8.54. The van der Waals surface area contributed by atoms with Crippen molar-refractivity contribution in [3.63, 3.8) is 0 Å². The quantitative estimate of drug-likeness (QED) is 0.580. The highest BCUT2D eigenvalue weighted by Gasteiger charge is 2.42. The number of piperazine rings is 1. The monoisotopic (exact) mass is 388 g/mol. The van der Waals surface area contributed by atoms with Gasteiger partial charge in [-0.15, -0.1) is 0 Å². The Morgan fingerprint density at radius 3 is 1.67 bits per heavy atom. The number of aliphatic hydroxyl groups is 1. The molecular formula is C18H32N2O7. The van der Waals surface area contributed by atoms with Crippen molar-refractivity contribution in [3.05, 3.63) is 0 Å². The van der Waals surface area contributed by atoms with Crippen LogP contribution in [0.1, 0.15) is 48.0 Å². The Morgan fingerprint density at radius 1 is 0.889 bits per heavy atom. The fourth-order valence-corrected chi connectivity index (χ4v) is 2.64. The molecule has 1 heterocycles. The number of rotatable bonds is 3. The van der Waals surface area contributed by atoms with Crippen LogP contribution in [-0.4, -0.2) is 83.2 Å². The molecule has 0 aromatic heterocycles. The third kappa shape index (κ3) is 7.24.